The van der Waals surface area contributed by atoms with E-state index < -0.39 is 46.7 Å². The number of esters is 2. The van der Waals surface area contributed by atoms with Gasteiger partial charge in [0.2, 0.25) is 0 Å². The van der Waals surface area contributed by atoms with E-state index in [0.29, 0.717) is 17.1 Å². The number of hydrogen-bond acceptors (Lipinski definition) is 5. The van der Waals surface area contributed by atoms with Crippen LogP contribution >= 0.6 is 11.8 Å². The Bertz CT molecular complexity index is 1040. The van der Waals surface area contributed by atoms with Gasteiger partial charge in [-0.15, -0.1) is 11.8 Å². The average molecular weight is 499 g/mol. The van der Waals surface area contributed by atoms with Crippen molar-refractivity contribution < 1.29 is 36.6 Å². The molecule has 0 fully saturated rings. The number of halogens is 4. The number of benzene rings is 2. The maximum absolute atomic E-state index is 15.6. The predicted octanol–water partition coefficient (Wildman–Crippen LogP) is 6.26. The maximum atomic E-state index is 15.6. The monoisotopic (exact) mass is 498 g/mol. The third-order valence-corrected chi connectivity index (χ3v) is 6.90. The van der Waals surface area contributed by atoms with Gasteiger partial charge in [0, 0.05) is 21.9 Å². The largest absolute Gasteiger partial charge is 0.465 e. The Hall–Kier alpha value is -2.55. The maximum Gasteiger partial charge on any atom is 0.340 e. The summed E-state index contributed by atoms with van der Waals surface area (Å²) in [6.45, 7) is 4.77. The molecule has 0 aromatic heterocycles. The lowest BCUT2D eigenvalue weighted by molar-refractivity contribution is -0.223. The van der Waals surface area contributed by atoms with Crippen molar-refractivity contribution >= 4 is 23.7 Å². The third kappa shape index (κ3) is 4.42. The van der Waals surface area contributed by atoms with Crippen molar-refractivity contribution in [1.29, 1.82) is 0 Å². The first-order valence-corrected chi connectivity index (χ1v) is 12.1. The van der Waals surface area contributed by atoms with Crippen LogP contribution in [0.5, 0.6) is 0 Å². The van der Waals surface area contributed by atoms with Gasteiger partial charge in [-0.3, -0.25) is 9.59 Å². The van der Waals surface area contributed by atoms with Crippen LogP contribution in [0.3, 0.4) is 0 Å². The number of fused-ring (bicyclic) bond motifs is 2. The Kier molecular flexibility index (Phi) is 7.95. The van der Waals surface area contributed by atoms with Crippen molar-refractivity contribution in [3.8, 4) is 0 Å². The molecule has 1 atom stereocenters. The Morgan fingerprint density at radius 2 is 1.44 bits per heavy atom. The van der Waals surface area contributed by atoms with Crippen LogP contribution in [0.25, 0.3) is 0 Å². The second-order valence-corrected chi connectivity index (χ2v) is 8.90. The van der Waals surface area contributed by atoms with Gasteiger partial charge in [0.25, 0.3) is 0 Å². The molecule has 0 bridgehead atoms. The Morgan fingerprint density at radius 1 is 0.882 bits per heavy atom. The summed E-state index contributed by atoms with van der Waals surface area (Å²) in [4.78, 5) is 26.4. The molecule has 4 nitrogen and oxygen atoms in total. The van der Waals surface area contributed by atoms with Crippen molar-refractivity contribution in [3.05, 3.63) is 64.7 Å². The molecule has 1 unspecified atom stereocenters. The van der Waals surface area contributed by atoms with Crippen LogP contribution in [0.2, 0.25) is 0 Å². The van der Waals surface area contributed by atoms with Gasteiger partial charge in [-0.05, 0) is 43.2 Å². The molecule has 0 amide bonds. The quantitative estimate of drug-likeness (QED) is 0.186. The number of carbonyl (C=O) groups excluding carboxylic acids is 2. The highest BCUT2D eigenvalue weighted by Crippen LogP contribution is 2.58. The molecule has 2 aromatic rings. The van der Waals surface area contributed by atoms with E-state index >= 15 is 17.6 Å². The second kappa shape index (κ2) is 10.4. The van der Waals surface area contributed by atoms with Gasteiger partial charge in [0.1, 0.15) is 0 Å². The molecule has 0 saturated heterocycles. The van der Waals surface area contributed by atoms with E-state index in [1.807, 2.05) is 6.92 Å². The fourth-order valence-electron chi connectivity index (χ4n) is 4.20. The smallest absolute Gasteiger partial charge is 0.340 e. The molecule has 1 aliphatic rings. The summed E-state index contributed by atoms with van der Waals surface area (Å²) >= 11 is 1.21. The highest BCUT2D eigenvalue weighted by atomic mass is 32.2. The molecule has 3 rings (SSSR count). The van der Waals surface area contributed by atoms with Crippen LogP contribution in [0.1, 0.15) is 55.4 Å². The van der Waals surface area contributed by atoms with Crippen molar-refractivity contribution in [1.82, 2.24) is 0 Å². The summed E-state index contributed by atoms with van der Waals surface area (Å²) in [6.07, 6.45) is 0.696. The topological polar surface area (TPSA) is 52.6 Å². The van der Waals surface area contributed by atoms with E-state index in [-0.39, 0.29) is 24.3 Å². The van der Waals surface area contributed by atoms with Crippen molar-refractivity contribution in [2.45, 2.75) is 49.9 Å². The molecule has 34 heavy (non-hydrogen) atoms. The Labute approximate surface area is 200 Å². The number of alkyl halides is 4. The van der Waals surface area contributed by atoms with Gasteiger partial charge in [-0.2, -0.15) is 17.6 Å². The molecule has 184 valence electrons. The molecule has 0 saturated carbocycles. The summed E-state index contributed by atoms with van der Waals surface area (Å²) in [6, 6.07) is 8.58. The lowest BCUT2D eigenvalue weighted by Gasteiger charge is -2.28. The van der Waals surface area contributed by atoms with Gasteiger partial charge in [0.05, 0.1) is 13.2 Å². The molecule has 0 heterocycles. The molecule has 0 radical (unpaired) electrons. The molecule has 0 N–H and O–H groups in total. The average Bonchev–Trinajstić information content (AvgIpc) is 2.85. The zero-order valence-corrected chi connectivity index (χ0v) is 19.9. The van der Waals surface area contributed by atoms with E-state index in [1.54, 1.807) is 6.07 Å². The molecule has 0 aliphatic heterocycles. The first-order chi connectivity index (χ1) is 16.1. The minimum Gasteiger partial charge on any atom is -0.465 e. The van der Waals surface area contributed by atoms with E-state index in [9.17, 15) is 9.59 Å². The summed E-state index contributed by atoms with van der Waals surface area (Å²) in [5.41, 5.74) is -2.27. The van der Waals surface area contributed by atoms with Gasteiger partial charge < -0.3 is 9.47 Å². The summed E-state index contributed by atoms with van der Waals surface area (Å²) in [7, 11) is 0. The van der Waals surface area contributed by atoms with Gasteiger partial charge in [-0.1, -0.05) is 43.3 Å². The zero-order chi connectivity index (χ0) is 25.1. The highest BCUT2D eigenvalue weighted by molar-refractivity contribution is 7.99. The van der Waals surface area contributed by atoms with E-state index in [1.165, 1.54) is 49.9 Å². The summed E-state index contributed by atoms with van der Waals surface area (Å²) in [5, 5.41) is 0. The number of thioether (sulfide) groups is 1. The molecule has 0 spiro atoms. The second-order valence-electron chi connectivity index (χ2n) is 7.76. The van der Waals surface area contributed by atoms with Crippen molar-refractivity contribution in [3.63, 3.8) is 0 Å². The first kappa shape index (κ1) is 26.1. The van der Waals surface area contributed by atoms with Crippen LogP contribution in [0.4, 0.5) is 17.6 Å². The first-order valence-electron chi connectivity index (χ1n) is 11.1. The zero-order valence-electron chi connectivity index (χ0n) is 19.1. The van der Waals surface area contributed by atoms with Crippen LogP contribution in [-0.2, 0) is 30.9 Å². The Balaban J connectivity index is 2.45. The lowest BCUT2D eigenvalue weighted by atomic mass is 9.78. The fraction of sp³-hybridized carbons (Fsp3) is 0.440. The van der Waals surface area contributed by atoms with Crippen LogP contribution < -0.4 is 0 Å². The van der Waals surface area contributed by atoms with Crippen molar-refractivity contribution in [2.24, 2.45) is 5.92 Å². The van der Waals surface area contributed by atoms with Crippen LogP contribution in [0, 0.1) is 5.92 Å². The standard InChI is InChI=1S/C25H26F4O4S/c1-4-14-34-18-13-9-12-17-20(18)19(21(22(30)32-5-2)23(31)33-6-3)15-10-7-8-11-16(15)24(26,27)25(17,28)29/h7-13,19,21H,4-6,14H2,1-3H3. The van der Waals surface area contributed by atoms with E-state index in [0.717, 1.165) is 12.1 Å². The molecule has 1 aliphatic carbocycles. The number of ether oxygens (including phenoxy) is 2. The minimum atomic E-state index is -4.59. The number of hydrogen-bond donors (Lipinski definition) is 0. The summed E-state index contributed by atoms with van der Waals surface area (Å²) in [5.74, 6) is -13.9. The van der Waals surface area contributed by atoms with Gasteiger partial charge >= 0.3 is 23.8 Å². The minimum absolute atomic E-state index is 0.0888. The van der Waals surface area contributed by atoms with Crippen LogP contribution in [-0.4, -0.2) is 30.9 Å². The summed E-state index contributed by atoms with van der Waals surface area (Å²) < 4.78 is 72.2. The SMILES string of the molecule is CCCSc1cccc2c1C(C(C(=O)OCC)C(=O)OCC)c1ccccc1C(F)(F)C2(F)F. The highest BCUT2D eigenvalue weighted by Gasteiger charge is 2.63. The van der Waals surface area contributed by atoms with Gasteiger partial charge in [0.15, 0.2) is 5.92 Å². The molecule has 2 aromatic carbocycles. The van der Waals surface area contributed by atoms with Gasteiger partial charge in [-0.25, -0.2) is 0 Å². The molecular formula is C25H26F4O4S. The molecular weight excluding hydrogens is 472 g/mol. The van der Waals surface area contributed by atoms with E-state index in [4.69, 9.17) is 9.47 Å². The number of carbonyl (C=O) groups is 2. The predicted molar refractivity (Wildman–Crippen MR) is 120 cm³/mol. The van der Waals surface area contributed by atoms with Crippen molar-refractivity contribution in [2.75, 3.05) is 19.0 Å². The fourth-order valence-corrected chi connectivity index (χ4v) is 5.19. The van der Waals surface area contributed by atoms with E-state index in [2.05, 4.69) is 0 Å². The molecule has 9 heteroatoms. The van der Waals surface area contributed by atoms with Crippen LogP contribution in [0.15, 0.2) is 47.4 Å². The number of rotatable bonds is 8. The third-order valence-electron chi connectivity index (χ3n) is 5.62. The normalized spacial score (nSPS) is 17.9. The lowest BCUT2D eigenvalue weighted by Crippen LogP contribution is -2.35. The Morgan fingerprint density at radius 3 is 2.03 bits per heavy atom.